The molecule has 0 saturated carbocycles. The Bertz CT molecular complexity index is 196. The largest absolute Gasteiger partial charge is 0.351 e. The van der Waals surface area contributed by atoms with Crippen molar-refractivity contribution < 1.29 is 4.79 Å². The summed E-state index contributed by atoms with van der Waals surface area (Å²) in [7, 11) is 2.07. The lowest BCUT2D eigenvalue weighted by Gasteiger charge is -2.16. The summed E-state index contributed by atoms with van der Waals surface area (Å²) in [5, 5.41) is 2.99. The minimum absolute atomic E-state index is 0.00662. The number of nitrogens with zero attached hydrogens (tertiary/aromatic N) is 1. The number of carbonyl (C=O) groups is 1. The molecule has 0 aromatic rings. The van der Waals surface area contributed by atoms with Crippen LogP contribution in [0.5, 0.6) is 0 Å². The maximum Gasteiger partial charge on any atom is 0.237 e. The van der Waals surface area contributed by atoms with Gasteiger partial charge in [0.25, 0.3) is 0 Å². The molecule has 0 bridgehead atoms. The Kier molecular flexibility index (Phi) is 4.35. The van der Waals surface area contributed by atoms with Crippen molar-refractivity contribution in [2.75, 3.05) is 20.1 Å². The van der Waals surface area contributed by atoms with E-state index in [1.54, 1.807) is 0 Å². The first kappa shape index (κ1) is 11.5. The number of likely N-dealkylation sites (tertiary alicyclic amines) is 1. The Balaban J connectivity index is 2.26. The van der Waals surface area contributed by atoms with Gasteiger partial charge in [-0.05, 0) is 26.4 Å². The molecule has 1 unspecified atom stereocenters. The number of rotatable bonds is 4. The van der Waals surface area contributed by atoms with E-state index in [9.17, 15) is 4.79 Å². The van der Waals surface area contributed by atoms with Crippen molar-refractivity contribution in [1.82, 2.24) is 10.2 Å². The first-order chi connectivity index (χ1) is 6.63. The van der Waals surface area contributed by atoms with Crippen molar-refractivity contribution in [3.05, 3.63) is 0 Å². The normalized spacial score (nSPS) is 24.9. The molecule has 0 radical (unpaired) electrons. The molecule has 3 N–H and O–H groups in total. The summed E-state index contributed by atoms with van der Waals surface area (Å²) in [6.07, 6.45) is 2.77. The van der Waals surface area contributed by atoms with Crippen molar-refractivity contribution >= 4 is 5.91 Å². The van der Waals surface area contributed by atoms with Gasteiger partial charge >= 0.3 is 0 Å². The van der Waals surface area contributed by atoms with E-state index in [4.69, 9.17) is 5.73 Å². The molecule has 2 atom stereocenters. The third-order valence-corrected chi connectivity index (χ3v) is 2.67. The second-order valence-corrected chi connectivity index (χ2v) is 4.15. The summed E-state index contributed by atoms with van der Waals surface area (Å²) < 4.78 is 0. The fourth-order valence-electron chi connectivity index (χ4n) is 1.80. The molecule has 82 valence electrons. The Morgan fingerprint density at radius 1 is 1.71 bits per heavy atom. The lowest BCUT2D eigenvalue weighted by Crippen LogP contribution is -2.46. The Labute approximate surface area is 85.8 Å². The van der Waals surface area contributed by atoms with Crippen molar-refractivity contribution in [3.63, 3.8) is 0 Å². The van der Waals surface area contributed by atoms with E-state index in [1.807, 2.05) is 6.92 Å². The highest BCUT2D eigenvalue weighted by atomic mass is 16.2. The minimum atomic E-state index is -0.328. The van der Waals surface area contributed by atoms with Crippen LogP contribution >= 0.6 is 0 Å². The summed E-state index contributed by atoms with van der Waals surface area (Å²) in [6.45, 7) is 4.05. The van der Waals surface area contributed by atoms with Crippen LogP contribution in [0, 0.1) is 0 Å². The molecule has 0 aliphatic carbocycles. The van der Waals surface area contributed by atoms with E-state index in [1.165, 1.54) is 0 Å². The minimum Gasteiger partial charge on any atom is -0.351 e. The number of amides is 1. The Hall–Kier alpha value is -0.610. The predicted octanol–water partition coefficient (Wildman–Crippen LogP) is -0.0659. The molecule has 1 saturated heterocycles. The molecule has 1 rings (SSSR count). The predicted molar refractivity (Wildman–Crippen MR) is 56.9 cm³/mol. The van der Waals surface area contributed by atoms with Gasteiger partial charge < -0.3 is 16.0 Å². The number of carbonyl (C=O) groups excluding carboxylic acids is 1. The van der Waals surface area contributed by atoms with Gasteiger partial charge in [-0.25, -0.2) is 0 Å². The van der Waals surface area contributed by atoms with Gasteiger partial charge in [0, 0.05) is 12.6 Å². The molecule has 0 aromatic heterocycles. The van der Waals surface area contributed by atoms with Crippen LogP contribution in [0.25, 0.3) is 0 Å². The zero-order valence-corrected chi connectivity index (χ0v) is 9.12. The molecule has 14 heavy (non-hydrogen) atoms. The van der Waals surface area contributed by atoms with E-state index >= 15 is 0 Å². The second kappa shape index (κ2) is 5.32. The van der Waals surface area contributed by atoms with Gasteiger partial charge in [-0.1, -0.05) is 13.3 Å². The zero-order chi connectivity index (χ0) is 10.6. The van der Waals surface area contributed by atoms with Crippen LogP contribution < -0.4 is 11.1 Å². The van der Waals surface area contributed by atoms with Crippen molar-refractivity contribution in [2.24, 2.45) is 5.73 Å². The van der Waals surface area contributed by atoms with Crippen LogP contribution in [0.15, 0.2) is 0 Å². The number of nitrogens with one attached hydrogen (secondary N) is 1. The SMILES string of the molecule is CCC[C@H](N)C(=O)NC1CCN(C)C1. The van der Waals surface area contributed by atoms with Crippen LogP contribution in [0.4, 0.5) is 0 Å². The smallest absolute Gasteiger partial charge is 0.237 e. The molecule has 1 aliphatic heterocycles. The van der Waals surface area contributed by atoms with Crippen LogP contribution in [0.3, 0.4) is 0 Å². The van der Waals surface area contributed by atoms with E-state index < -0.39 is 0 Å². The topological polar surface area (TPSA) is 58.4 Å². The first-order valence-electron chi connectivity index (χ1n) is 5.38. The van der Waals surface area contributed by atoms with Gasteiger partial charge in [-0.3, -0.25) is 4.79 Å². The van der Waals surface area contributed by atoms with Crippen LogP contribution in [-0.2, 0) is 4.79 Å². The second-order valence-electron chi connectivity index (χ2n) is 4.15. The maximum absolute atomic E-state index is 11.5. The maximum atomic E-state index is 11.5. The van der Waals surface area contributed by atoms with Crippen LogP contribution in [-0.4, -0.2) is 43.0 Å². The lowest BCUT2D eigenvalue weighted by molar-refractivity contribution is -0.123. The first-order valence-corrected chi connectivity index (χ1v) is 5.38. The fourth-order valence-corrected chi connectivity index (χ4v) is 1.80. The lowest BCUT2D eigenvalue weighted by atomic mass is 10.1. The van der Waals surface area contributed by atoms with E-state index in [0.717, 1.165) is 32.4 Å². The molecule has 4 nitrogen and oxygen atoms in total. The standard InChI is InChI=1S/C10H21N3O/c1-3-4-9(11)10(14)12-8-5-6-13(2)7-8/h8-9H,3-7,11H2,1-2H3,(H,12,14)/t8?,9-/m0/s1. The number of nitrogens with two attached hydrogens (primary N) is 1. The fraction of sp³-hybridized carbons (Fsp3) is 0.900. The molecular formula is C10H21N3O. The third-order valence-electron chi connectivity index (χ3n) is 2.67. The quantitative estimate of drug-likeness (QED) is 0.666. The highest BCUT2D eigenvalue weighted by Crippen LogP contribution is 2.06. The van der Waals surface area contributed by atoms with Crippen molar-refractivity contribution in [1.29, 1.82) is 0 Å². The summed E-state index contributed by atoms with van der Waals surface area (Å²) in [4.78, 5) is 13.8. The third kappa shape index (κ3) is 3.27. The number of hydrogen-bond acceptors (Lipinski definition) is 3. The average molecular weight is 199 g/mol. The highest BCUT2D eigenvalue weighted by Gasteiger charge is 2.22. The monoisotopic (exact) mass is 199 g/mol. The molecule has 0 spiro atoms. The van der Waals surface area contributed by atoms with Gasteiger partial charge in [-0.2, -0.15) is 0 Å². The molecule has 4 heteroatoms. The molecule has 1 aliphatic rings. The van der Waals surface area contributed by atoms with E-state index in [0.29, 0.717) is 6.04 Å². The van der Waals surface area contributed by atoms with Gasteiger partial charge in [0.15, 0.2) is 0 Å². The Morgan fingerprint density at radius 3 is 2.93 bits per heavy atom. The molecular weight excluding hydrogens is 178 g/mol. The van der Waals surface area contributed by atoms with Crippen molar-refractivity contribution in [3.8, 4) is 0 Å². The zero-order valence-electron chi connectivity index (χ0n) is 9.12. The Morgan fingerprint density at radius 2 is 2.43 bits per heavy atom. The number of likely N-dealkylation sites (N-methyl/N-ethyl adjacent to an activating group) is 1. The average Bonchev–Trinajstić information content (AvgIpc) is 2.51. The van der Waals surface area contributed by atoms with Gasteiger partial charge in [0.05, 0.1) is 6.04 Å². The summed E-state index contributed by atoms with van der Waals surface area (Å²) in [5.74, 6) is 0.00662. The molecule has 0 aromatic carbocycles. The molecule has 1 fully saturated rings. The van der Waals surface area contributed by atoms with Crippen LogP contribution in [0.1, 0.15) is 26.2 Å². The van der Waals surface area contributed by atoms with Crippen molar-refractivity contribution in [2.45, 2.75) is 38.3 Å². The summed E-state index contributed by atoms with van der Waals surface area (Å²) in [6, 6.07) is -0.0266. The molecule has 1 amide bonds. The molecule has 1 heterocycles. The van der Waals surface area contributed by atoms with Gasteiger partial charge in [0.2, 0.25) is 5.91 Å². The summed E-state index contributed by atoms with van der Waals surface area (Å²) in [5.41, 5.74) is 5.71. The van der Waals surface area contributed by atoms with Gasteiger partial charge in [-0.15, -0.1) is 0 Å². The van der Waals surface area contributed by atoms with E-state index in [-0.39, 0.29) is 11.9 Å². The summed E-state index contributed by atoms with van der Waals surface area (Å²) >= 11 is 0. The highest BCUT2D eigenvalue weighted by molar-refractivity contribution is 5.81. The van der Waals surface area contributed by atoms with Gasteiger partial charge in [0.1, 0.15) is 0 Å². The van der Waals surface area contributed by atoms with E-state index in [2.05, 4.69) is 17.3 Å². The number of hydrogen-bond donors (Lipinski definition) is 2. The van der Waals surface area contributed by atoms with Crippen LogP contribution in [0.2, 0.25) is 0 Å².